The fourth-order valence-corrected chi connectivity index (χ4v) is 4.16. The summed E-state index contributed by atoms with van der Waals surface area (Å²) in [6.07, 6.45) is 0.874. The number of hydrogen-bond acceptors (Lipinski definition) is 6. The normalized spacial score (nSPS) is 21.7. The first-order chi connectivity index (χ1) is 16.5. The van der Waals surface area contributed by atoms with Gasteiger partial charge in [0.15, 0.2) is 12.1 Å². The van der Waals surface area contributed by atoms with Crippen LogP contribution < -0.4 is 5.32 Å². The molecular weight excluding hydrogens is 460 g/mol. The first-order valence-corrected chi connectivity index (χ1v) is 11.6. The Morgan fingerprint density at radius 2 is 1.82 bits per heavy atom. The molecule has 180 valence electrons. The molecule has 0 aromatic heterocycles. The monoisotopic (exact) mass is 486 g/mol. The van der Waals surface area contributed by atoms with Gasteiger partial charge in [-0.2, -0.15) is 0 Å². The molecule has 4 rings (SSSR count). The lowest BCUT2D eigenvalue weighted by Gasteiger charge is -2.18. The highest BCUT2D eigenvalue weighted by atomic mass is 35.5. The lowest BCUT2D eigenvalue weighted by molar-refractivity contribution is -0.137. The number of carbonyl (C=O) groups is 2. The Bertz CT molecular complexity index is 1040. The van der Waals surface area contributed by atoms with Gasteiger partial charge in [0.25, 0.3) is 0 Å². The van der Waals surface area contributed by atoms with Crippen LogP contribution in [0.3, 0.4) is 0 Å². The van der Waals surface area contributed by atoms with Crippen LogP contribution in [-0.4, -0.2) is 61.1 Å². The minimum Gasteiger partial charge on any atom is -0.481 e. The van der Waals surface area contributed by atoms with Gasteiger partial charge in [-0.3, -0.25) is 9.59 Å². The van der Waals surface area contributed by atoms with Crippen LogP contribution in [0.25, 0.3) is 0 Å². The van der Waals surface area contributed by atoms with Crippen molar-refractivity contribution in [3.63, 3.8) is 0 Å². The summed E-state index contributed by atoms with van der Waals surface area (Å²) in [5.41, 5.74) is 3.05. The molecule has 1 unspecified atom stereocenters. The Kier molecular flexibility index (Phi) is 8.16. The Labute approximate surface area is 202 Å². The molecule has 0 saturated carbocycles. The highest BCUT2D eigenvalue weighted by Gasteiger charge is 2.39. The second-order valence-corrected chi connectivity index (χ2v) is 8.67. The third-order valence-electron chi connectivity index (χ3n) is 5.86. The predicted molar refractivity (Wildman–Crippen MR) is 126 cm³/mol. The van der Waals surface area contributed by atoms with Crippen LogP contribution in [-0.2, 0) is 43.1 Å². The fraction of sp³-hybridized carbons (Fsp3) is 0.400. The Hall–Kier alpha value is -2.94. The van der Waals surface area contributed by atoms with Gasteiger partial charge in [-0.1, -0.05) is 48.0 Å². The number of aliphatic carboxylic acids is 1. The fourth-order valence-electron chi connectivity index (χ4n) is 4.03. The van der Waals surface area contributed by atoms with Crippen LogP contribution in [0, 0.1) is 0 Å². The van der Waals surface area contributed by atoms with Gasteiger partial charge < -0.3 is 24.6 Å². The largest absolute Gasteiger partial charge is 0.481 e. The van der Waals surface area contributed by atoms with Crippen molar-refractivity contribution < 1.29 is 28.9 Å². The molecule has 2 heterocycles. The van der Waals surface area contributed by atoms with Gasteiger partial charge in [0.2, 0.25) is 11.8 Å². The number of ether oxygens (including phenoxy) is 3. The van der Waals surface area contributed by atoms with Gasteiger partial charge in [0.05, 0.1) is 6.10 Å². The van der Waals surface area contributed by atoms with E-state index in [2.05, 4.69) is 10.3 Å². The van der Waals surface area contributed by atoms with Crippen LogP contribution in [0.15, 0.2) is 53.5 Å². The van der Waals surface area contributed by atoms with Crippen molar-refractivity contribution in [1.29, 1.82) is 0 Å². The van der Waals surface area contributed by atoms with Crippen molar-refractivity contribution in [3.8, 4) is 0 Å². The van der Waals surface area contributed by atoms with E-state index in [1.807, 2.05) is 48.5 Å². The predicted octanol–water partition coefficient (Wildman–Crippen LogP) is 2.80. The summed E-state index contributed by atoms with van der Waals surface area (Å²) in [4.78, 5) is 28.0. The number of carboxylic acids is 1. The van der Waals surface area contributed by atoms with Crippen LogP contribution in [0.5, 0.6) is 0 Å². The van der Waals surface area contributed by atoms with Crippen molar-refractivity contribution in [2.45, 2.75) is 43.9 Å². The molecule has 2 aromatic carbocycles. The lowest BCUT2D eigenvalue weighted by atomic mass is 9.96. The van der Waals surface area contributed by atoms with E-state index in [1.165, 1.54) is 0 Å². The molecule has 0 bridgehead atoms. The van der Waals surface area contributed by atoms with E-state index in [1.54, 1.807) is 0 Å². The molecule has 2 N–H and O–H groups in total. The number of aliphatic imine (C=N–C) groups is 1. The number of nitrogens with one attached hydrogen (secondary N) is 1. The van der Waals surface area contributed by atoms with Gasteiger partial charge in [-0.15, -0.1) is 0 Å². The molecule has 1 amide bonds. The van der Waals surface area contributed by atoms with Crippen molar-refractivity contribution in [2.24, 2.45) is 4.99 Å². The highest BCUT2D eigenvalue weighted by molar-refractivity contribution is 6.30. The van der Waals surface area contributed by atoms with E-state index in [-0.39, 0.29) is 31.8 Å². The smallest absolute Gasteiger partial charge is 0.303 e. The summed E-state index contributed by atoms with van der Waals surface area (Å²) in [5, 5.41) is 12.6. The van der Waals surface area contributed by atoms with Gasteiger partial charge >= 0.3 is 5.97 Å². The van der Waals surface area contributed by atoms with Crippen molar-refractivity contribution in [1.82, 2.24) is 5.32 Å². The van der Waals surface area contributed by atoms with E-state index in [9.17, 15) is 9.59 Å². The SMILES string of the molecule is O=C(O)CCc1ccccc1C[C@@H]1OCO[C@@H]1C1=NC(C(=O)NCCc2ccc(Cl)cc2)CO1. The maximum atomic E-state index is 12.6. The summed E-state index contributed by atoms with van der Waals surface area (Å²) in [6, 6.07) is 14.6. The van der Waals surface area contributed by atoms with Gasteiger partial charge in [-0.25, -0.2) is 4.99 Å². The number of carboxylic acid groups (broad SMARTS) is 1. The number of amides is 1. The van der Waals surface area contributed by atoms with Crippen molar-refractivity contribution in [2.75, 3.05) is 19.9 Å². The molecule has 2 aliphatic rings. The molecule has 0 aliphatic carbocycles. The average Bonchev–Trinajstić information content (AvgIpc) is 3.49. The van der Waals surface area contributed by atoms with Gasteiger partial charge in [0, 0.05) is 24.4 Å². The summed E-state index contributed by atoms with van der Waals surface area (Å²) in [5.74, 6) is -0.666. The zero-order valence-corrected chi connectivity index (χ0v) is 19.4. The number of hydrogen-bond donors (Lipinski definition) is 2. The Balaban J connectivity index is 1.32. The first-order valence-electron chi connectivity index (χ1n) is 11.2. The molecule has 9 heteroatoms. The minimum absolute atomic E-state index is 0.0626. The maximum absolute atomic E-state index is 12.6. The highest BCUT2D eigenvalue weighted by Crippen LogP contribution is 2.24. The van der Waals surface area contributed by atoms with Crippen LogP contribution in [0.2, 0.25) is 5.02 Å². The number of benzene rings is 2. The quantitative estimate of drug-likeness (QED) is 0.535. The lowest BCUT2D eigenvalue weighted by Crippen LogP contribution is -2.35. The molecule has 34 heavy (non-hydrogen) atoms. The second-order valence-electron chi connectivity index (χ2n) is 8.24. The maximum Gasteiger partial charge on any atom is 0.303 e. The van der Waals surface area contributed by atoms with Crippen molar-refractivity contribution in [3.05, 3.63) is 70.2 Å². The Morgan fingerprint density at radius 1 is 1.06 bits per heavy atom. The van der Waals surface area contributed by atoms with Gasteiger partial charge in [-0.05, 0) is 41.7 Å². The third kappa shape index (κ3) is 6.34. The number of halogens is 1. The van der Waals surface area contributed by atoms with E-state index in [0.29, 0.717) is 36.7 Å². The average molecular weight is 487 g/mol. The van der Waals surface area contributed by atoms with E-state index in [4.69, 9.17) is 30.9 Å². The standard InChI is InChI=1S/C25H27ClN2O6/c26-19-8-5-16(6-9-19)11-12-27-24(31)20-14-32-25(28-20)23-21(33-15-34-23)13-18-4-2-1-3-17(18)7-10-22(29)30/h1-6,8-9,20-21,23H,7,10-15H2,(H,27,31)(H,29,30)/t20?,21-,23-/m0/s1. The van der Waals surface area contributed by atoms with E-state index in [0.717, 1.165) is 16.7 Å². The molecule has 3 atom stereocenters. The second kappa shape index (κ2) is 11.5. The van der Waals surface area contributed by atoms with Crippen LogP contribution in [0.1, 0.15) is 23.1 Å². The number of aryl methyl sites for hydroxylation is 1. The molecule has 0 radical (unpaired) electrons. The molecule has 0 spiro atoms. The van der Waals surface area contributed by atoms with Crippen molar-refractivity contribution >= 4 is 29.4 Å². The minimum atomic E-state index is -0.834. The summed E-state index contributed by atoms with van der Waals surface area (Å²) < 4.78 is 17.2. The van der Waals surface area contributed by atoms with Crippen LogP contribution in [0.4, 0.5) is 0 Å². The molecule has 1 fully saturated rings. The molecular formula is C25H27ClN2O6. The summed E-state index contributed by atoms with van der Waals surface area (Å²) in [6.45, 7) is 0.747. The topological polar surface area (TPSA) is 106 Å². The number of rotatable bonds is 10. The Morgan fingerprint density at radius 3 is 2.59 bits per heavy atom. The summed E-state index contributed by atoms with van der Waals surface area (Å²) >= 11 is 5.90. The molecule has 1 saturated heterocycles. The zero-order chi connectivity index (χ0) is 23.9. The molecule has 2 aromatic rings. The third-order valence-corrected chi connectivity index (χ3v) is 6.11. The number of nitrogens with zero attached hydrogens (tertiary/aromatic N) is 1. The number of carbonyl (C=O) groups excluding carboxylic acids is 1. The first kappa shape index (κ1) is 24.2. The zero-order valence-electron chi connectivity index (χ0n) is 18.6. The van der Waals surface area contributed by atoms with Crippen LogP contribution >= 0.6 is 11.6 Å². The van der Waals surface area contributed by atoms with E-state index < -0.39 is 18.1 Å². The van der Waals surface area contributed by atoms with E-state index >= 15 is 0 Å². The van der Waals surface area contributed by atoms with Gasteiger partial charge in [0.1, 0.15) is 13.4 Å². The molecule has 8 nitrogen and oxygen atoms in total. The summed E-state index contributed by atoms with van der Waals surface area (Å²) in [7, 11) is 0. The molecule has 2 aliphatic heterocycles.